The topological polar surface area (TPSA) is 96.0 Å². The van der Waals surface area contributed by atoms with Crippen LogP contribution in [-0.4, -0.2) is 51.4 Å². The molecule has 0 fully saturated rings. The van der Waals surface area contributed by atoms with Gasteiger partial charge in [-0.1, -0.05) is 54.8 Å². The minimum atomic E-state index is -4.29. The number of halogens is 2. The second-order valence-electron chi connectivity index (χ2n) is 9.61. The summed E-state index contributed by atoms with van der Waals surface area (Å²) in [5.41, 5.74) is 1.50. The number of aryl methyl sites for hydroxylation is 1. The molecule has 0 aromatic heterocycles. The number of amides is 2. The third-order valence-electron chi connectivity index (χ3n) is 6.56. The van der Waals surface area contributed by atoms with Gasteiger partial charge in [0.2, 0.25) is 11.8 Å². The maximum atomic E-state index is 14.0. The lowest BCUT2D eigenvalue weighted by Crippen LogP contribution is -2.51. The fourth-order valence-corrected chi connectivity index (χ4v) is 5.70. The normalized spacial score (nSPS) is 12.0. The Labute approximate surface area is 246 Å². The lowest BCUT2D eigenvalue weighted by Gasteiger charge is -2.32. The first-order valence-corrected chi connectivity index (χ1v) is 15.0. The second kappa shape index (κ2) is 14.3. The van der Waals surface area contributed by atoms with Crippen molar-refractivity contribution in [2.45, 2.75) is 51.1 Å². The Balaban J connectivity index is 2.06. The standard InChI is InChI=1S/C30H35ClFN3O5S/c1-5-6-17-33-30(37)22(3)34(19-23-9-12-25(32)13-10-23)29(36)20-35(27-18-24(31)11-16-28(27)40-4)41(38,39)26-14-7-21(2)8-15-26/h7-16,18,22H,5-6,17,19-20H2,1-4H3,(H,33,37)/t22-/m0/s1. The molecule has 1 atom stereocenters. The van der Waals surface area contributed by atoms with Crippen LogP contribution in [0.2, 0.25) is 5.02 Å². The van der Waals surface area contributed by atoms with E-state index in [1.165, 1.54) is 60.5 Å². The average Bonchev–Trinajstić information content (AvgIpc) is 2.95. The number of nitrogens with one attached hydrogen (secondary N) is 1. The first-order chi connectivity index (χ1) is 19.5. The van der Waals surface area contributed by atoms with E-state index in [0.717, 1.165) is 22.7 Å². The van der Waals surface area contributed by atoms with E-state index < -0.39 is 34.3 Å². The predicted molar refractivity (Wildman–Crippen MR) is 158 cm³/mol. The number of carbonyl (C=O) groups is 2. The summed E-state index contributed by atoms with van der Waals surface area (Å²) in [6.45, 7) is 5.13. The van der Waals surface area contributed by atoms with Crippen LogP contribution >= 0.6 is 11.6 Å². The van der Waals surface area contributed by atoms with E-state index in [4.69, 9.17) is 16.3 Å². The quantitative estimate of drug-likeness (QED) is 0.267. The molecule has 0 saturated heterocycles. The molecule has 2 amide bonds. The summed E-state index contributed by atoms with van der Waals surface area (Å²) in [5, 5.41) is 3.06. The molecule has 11 heteroatoms. The number of nitrogens with zero attached hydrogens (tertiary/aromatic N) is 2. The fourth-order valence-electron chi connectivity index (χ4n) is 4.11. The van der Waals surface area contributed by atoms with Crippen molar-refractivity contribution in [2.24, 2.45) is 0 Å². The first kappa shape index (κ1) is 31.9. The van der Waals surface area contributed by atoms with E-state index in [-0.39, 0.29) is 33.8 Å². The molecule has 0 unspecified atom stereocenters. The number of benzene rings is 3. The Hall–Kier alpha value is -3.63. The number of hydrogen-bond donors (Lipinski definition) is 1. The van der Waals surface area contributed by atoms with Gasteiger partial charge in [0.1, 0.15) is 24.2 Å². The molecule has 3 rings (SSSR count). The monoisotopic (exact) mass is 603 g/mol. The molecule has 0 aliphatic rings. The van der Waals surface area contributed by atoms with Gasteiger partial charge in [0.15, 0.2) is 0 Å². The smallest absolute Gasteiger partial charge is 0.264 e. The predicted octanol–water partition coefficient (Wildman–Crippen LogP) is 5.33. The zero-order chi connectivity index (χ0) is 30.2. The molecule has 0 radical (unpaired) electrons. The van der Waals surface area contributed by atoms with Gasteiger partial charge in [0.25, 0.3) is 10.0 Å². The van der Waals surface area contributed by atoms with Crippen LogP contribution in [0.3, 0.4) is 0 Å². The summed E-state index contributed by atoms with van der Waals surface area (Å²) in [6.07, 6.45) is 1.64. The van der Waals surface area contributed by atoms with Gasteiger partial charge in [0.05, 0.1) is 17.7 Å². The van der Waals surface area contributed by atoms with E-state index in [0.29, 0.717) is 12.1 Å². The van der Waals surface area contributed by atoms with Crippen LogP contribution in [0.4, 0.5) is 10.1 Å². The van der Waals surface area contributed by atoms with Crippen LogP contribution in [0.1, 0.15) is 37.8 Å². The zero-order valence-electron chi connectivity index (χ0n) is 23.6. The largest absolute Gasteiger partial charge is 0.495 e. The molecule has 0 bridgehead atoms. The van der Waals surface area contributed by atoms with Crippen molar-refractivity contribution in [3.63, 3.8) is 0 Å². The van der Waals surface area contributed by atoms with Gasteiger partial charge in [-0.25, -0.2) is 12.8 Å². The van der Waals surface area contributed by atoms with Crippen molar-refractivity contribution in [3.05, 3.63) is 88.7 Å². The molecule has 0 aliphatic heterocycles. The van der Waals surface area contributed by atoms with E-state index >= 15 is 0 Å². The van der Waals surface area contributed by atoms with Crippen LogP contribution in [-0.2, 0) is 26.2 Å². The number of hydrogen-bond acceptors (Lipinski definition) is 5. The Morgan fingerprint density at radius 1 is 1.05 bits per heavy atom. The molecular weight excluding hydrogens is 569 g/mol. The van der Waals surface area contributed by atoms with Crippen LogP contribution in [0.15, 0.2) is 71.6 Å². The van der Waals surface area contributed by atoms with Gasteiger partial charge in [-0.15, -0.1) is 0 Å². The molecular formula is C30H35ClFN3O5S. The van der Waals surface area contributed by atoms with Crippen molar-refractivity contribution >= 4 is 39.1 Å². The summed E-state index contributed by atoms with van der Waals surface area (Å²) >= 11 is 6.25. The number of anilines is 1. The SMILES string of the molecule is CCCCNC(=O)[C@H](C)N(Cc1ccc(F)cc1)C(=O)CN(c1cc(Cl)ccc1OC)S(=O)(=O)c1ccc(C)cc1. The van der Waals surface area contributed by atoms with Crippen molar-refractivity contribution in [3.8, 4) is 5.75 Å². The molecule has 0 spiro atoms. The summed E-state index contributed by atoms with van der Waals surface area (Å²) in [7, 11) is -2.91. The number of methoxy groups -OCH3 is 1. The van der Waals surface area contributed by atoms with Crippen molar-refractivity contribution in [1.82, 2.24) is 10.2 Å². The Morgan fingerprint density at radius 3 is 2.32 bits per heavy atom. The fraction of sp³-hybridized carbons (Fsp3) is 0.333. The van der Waals surface area contributed by atoms with E-state index in [1.807, 2.05) is 13.8 Å². The van der Waals surface area contributed by atoms with Crippen molar-refractivity contribution < 1.29 is 27.1 Å². The molecule has 0 aliphatic carbocycles. The molecule has 220 valence electrons. The minimum Gasteiger partial charge on any atom is -0.495 e. The van der Waals surface area contributed by atoms with Gasteiger partial charge < -0.3 is 15.0 Å². The molecule has 3 aromatic carbocycles. The highest BCUT2D eigenvalue weighted by Crippen LogP contribution is 2.35. The molecule has 3 aromatic rings. The van der Waals surface area contributed by atoms with Gasteiger partial charge in [-0.2, -0.15) is 0 Å². The third-order valence-corrected chi connectivity index (χ3v) is 8.57. The molecule has 1 N–H and O–H groups in total. The van der Waals surface area contributed by atoms with E-state index in [1.54, 1.807) is 25.1 Å². The number of rotatable bonds is 13. The highest BCUT2D eigenvalue weighted by molar-refractivity contribution is 7.92. The maximum absolute atomic E-state index is 14.0. The Kier molecular flexibility index (Phi) is 11.1. The Morgan fingerprint density at radius 2 is 1.71 bits per heavy atom. The van der Waals surface area contributed by atoms with Crippen molar-refractivity contribution in [1.29, 1.82) is 0 Å². The average molecular weight is 604 g/mol. The number of unbranched alkanes of at least 4 members (excludes halogenated alkanes) is 1. The van der Waals surface area contributed by atoms with Gasteiger partial charge in [0, 0.05) is 18.1 Å². The Bertz CT molecular complexity index is 1450. The van der Waals surface area contributed by atoms with Gasteiger partial charge in [-0.3, -0.25) is 13.9 Å². The summed E-state index contributed by atoms with van der Waals surface area (Å²) in [5.74, 6) is -1.29. The number of ether oxygens (including phenoxy) is 1. The molecule has 0 heterocycles. The summed E-state index contributed by atoms with van der Waals surface area (Å²) in [4.78, 5) is 28.3. The molecule has 0 saturated carbocycles. The lowest BCUT2D eigenvalue weighted by molar-refractivity contribution is -0.139. The van der Waals surface area contributed by atoms with Crippen LogP contribution in [0.25, 0.3) is 0 Å². The first-order valence-electron chi connectivity index (χ1n) is 13.2. The van der Waals surface area contributed by atoms with Gasteiger partial charge in [-0.05, 0) is 68.3 Å². The third kappa shape index (κ3) is 8.20. The van der Waals surface area contributed by atoms with Crippen LogP contribution in [0, 0.1) is 12.7 Å². The summed E-state index contributed by atoms with van der Waals surface area (Å²) < 4.78 is 47.9. The maximum Gasteiger partial charge on any atom is 0.264 e. The van der Waals surface area contributed by atoms with E-state index in [9.17, 15) is 22.4 Å². The highest BCUT2D eigenvalue weighted by Gasteiger charge is 2.34. The van der Waals surface area contributed by atoms with E-state index in [2.05, 4.69) is 5.32 Å². The second-order valence-corrected chi connectivity index (χ2v) is 11.9. The summed E-state index contributed by atoms with van der Waals surface area (Å²) in [6, 6.07) is 15.3. The molecule has 8 nitrogen and oxygen atoms in total. The number of sulfonamides is 1. The van der Waals surface area contributed by atoms with Gasteiger partial charge >= 0.3 is 0 Å². The minimum absolute atomic E-state index is 0.0339. The van der Waals surface area contributed by atoms with Crippen LogP contribution in [0.5, 0.6) is 5.75 Å². The number of carbonyl (C=O) groups excluding carboxylic acids is 2. The zero-order valence-corrected chi connectivity index (χ0v) is 25.1. The van der Waals surface area contributed by atoms with Crippen molar-refractivity contribution in [2.75, 3.05) is 24.5 Å². The lowest BCUT2D eigenvalue weighted by atomic mass is 10.1. The molecule has 41 heavy (non-hydrogen) atoms. The highest BCUT2D eigenvalue weighted by atomic mass is 35.5. The van der Waals surface area contributed by atoms with Crippen LogP contribution < -0.4 is 14.4 Å².